The van der Waals surface area contributed by atoms with Crippen LogP contribution in [0.5, 0.6) is 0 Å². The van der Waals surface area contributed by atoms with Gasteiger partial charge < -0.3 is 0 Å². The quantitative estimate of drug-likeness (QED) is 0.230. The Morgan fingerprint density at radius 2 is 2.43 bits per heavy atom. The van der Waals surface area contributed by atoms with E-state index < -0.39 is 0 Å². The zero-order valence-electron chi connectivity index (χ0n) is 4.32. The second-order valence-corrected chi connectivity index (χ2v) is 1.78. The highest BCUT2D eigenvalue weighted by Crippen LogP contribution is 1.78. The fraction of sp³-hybridized carbons (Fsp3) is 1.00. The summed E-state index contributed by atoms with van der Waals surface area (Å²) >= 11 is 2.18. The average molecular weight is 215 g/mol. The number of hydrazine groups is 2. The molecule has 0 aliphatic carbocycles. The van der Waals surface area contributed by atoms with E-state index in [9.17, 15) is 0 Å². The minimum atomic E-state index is 0.811. The predicted molar refractivity (Wildman–Crippen MR) is 38.6 cm³/mol. The van der Waals surface area contributed by atoms with Gasteiger partial charge in [-0.05, 0) is 0 Å². The normalized spacial score (nSPS) is 10.3. The summed E-state index contributed by atoms with van der Waals surface area (Å²) in [5, 5.41) is 1.54. The molecule has 44 valence electrons. The molecule has 0 aliphatic rings. The third kappa shape index (κ3) is 4.46. The van der Waals surface area contributed by atoms with E-state index >= 15 is 0 Å². The van der Waals surface area contributed by atoms with Crippen LogP contribution in [0.3, 0.4) is 0 Å². The van der Waals surface area contributed by atoms with Crippen molar-refractivity contribution in [1.29, 1.82) is 0 Å². The molecule has 0 amide bonds. The summed E-state index contributed by atoms with van der Waals surface area (Å²) in [6.07, 6.45) is 0. The Morgan fingerprint density at radius 1 is 1.86 bits per heavy atom. The highest BCUT2D eigenvalue weighted by atomic mass is 127. The van der Waals surface area contributed by atoms with E-state index in [1.165, 1.54) is 0 Å². The number of nitrogens with two attached hydrogens (primary N) is 1. The van der Waals surface area contributed by atoms with Crippen LogP contribution >= 0.6 is 22.6 Å². The van der Waals surface area contributed by atoms with Gasteiger partial charge in [-0.3, -0.25) is 5.84 Å². The van der Waals surface area contributed by atoms with Gasteiger partial charge in [0.25, 0.3) is 0 Å². The van der Waals surface area contributed by atoms with Crippen LogP contribution in [0.25, 0.3) is 0 Å². The van der Waals surface area contributed by atoms with Crippen molar-refractivity contribution in [2.24, 2.45) is 5.84 Å². The van der Waals surface area contributed by atoms with E-state index in [0.29, 0.717) is 0 Å². The van der Waals surface area contributed by atoms with Crippen LogP contribution in [0, 0.1) is 0 Å². The largest absolute Gasteiger partial charge is 0.254 e. The molecule has 0 aromatic heterocycles. The molecule has 3 N–H and O–H groups in total. The van der Waals surface area contributed by atoms with Crippen LogP contribution in [-0.2, 0) is 0 Å². The van der Waals surface area contributed by atoms with E-state index in [2.05, 4.69) is 28.0 Å². The number of alkyl halides is 1. The third-order valence-electron chi connectivity index (χ3n) is 0.490. The maximum Gasteiger partial charge on any atom is 0.0803 e. The van der Waals surface area contributed by atoms with Crippen molar-refractivity contribution < 1.29 is 0 Å². The second kappa shape index (κ2) is 4.76. The smallest absolute Gasteiger partial charge is 0.0803 e. The monoisotopic (exact) mass is 215 g/mol. The van der Waals surface area contributed by atoms with E-state index in [1.54, 1.807) is 5.12 Å². The predicted octanol–water partition coefficient (Wildman–Crippen LogP) is 0.0791. The summed E-state index contributed by atoms with van der Waals surface area (Å²) in [5.41, 5.74) is 2.90. The summed E-state index contributed by atoms with van der Waals surface area (Å²) in [6.45, 7) is 2.89. The van der Waals surface area contributed by atoms with Crippen molar-refractivity contribution in [2.75, 3.05) is 11.1 Å². The minimum absolute atomic E-state index is 0.811. The van der Waals surface area contributed by atoms with Crippen LogP contribution in [0.2, 0.25) is 0 Å². The first-order valence-corrected chi connectivity index (χ1v) is 3.65. The lowest BCUT2D eigenvalue weighted by molar-refractivity contribution is 0.243. The Hall–Kier alpha value is 0.610. The van der Waals surface area contributed by atoms with Crippen molar-refractivity contribution in [3.05, 3.63) is 0 Å². The maximum absolute atomic E-state index is 5.30. The van der Waals surface area contributed by atoms with Gasteiger partial charge in [-0.15, -0.1) is 0 Å². The number of hydrogen-bond donors (Lipinski definition) is 2. The number of nitrogens with zero attached hydrogens (tertiary/aromatic N) is 1. The average Bonchev–Trinajstić information content (AvgIpc) is 1.68. The van der Waals surface area contributed by atoms with Crippen LogP contribution < -0.4 is 11.3 Å². The molecule has 0 atom stereocenters. The zero-order valence-corrected chi connectivity index (χ0v) is 6.47. The first-order valence-electron chi connectivity index (χ1n) is 2.13. The minimum Gasteiger partial charge on any atom is -0.254 e. The van der Waals surface area contributed by atoms with Crippen molar-refractivity contribution in [1.82, 2.24) is 10.5 Å². The van der Waals surface area contributed by atoms with Gasteiger partial charge in [0.1, 0.15) is 0 Å². The fourth-order valence-corrected chi connectivity index (χ4v) is 0.487. The molecule has 0 radical (unpaired) electrons. The number of hydrogen-bond acceptors (Lipinski definition) is 3. The Morgan fingerprint density at radius 3 is 2.57 bits per heavy atom. The van der Waals surface area contributed by atoms with Gasteiger partial charge in [0.15, 0.2) is 0 Å². The molecule has 0 heterocycles. The first kappa shape index (κ1) is 7.61. The number of rotatable bonds is 3. The zero-order chi connectivity index (χ0) is 5.70. The molecular formula is C3H10IN3. The molecule has 7 heavy (non-hydrogen) atoms. The molecule has 0 bridgehead atoms. The molecule has 0 aromatic carbocycles. The Kier molecular flexibility index (Phi) is 5.18. The SMILES string of the molecule is CCNN(N)CI. The van der Waals surface area contributed by atoms with E-state index in [-0.39, 0.29) is 0 Å². The Labute approximate surface area is 57.3 Å². The van der Waals surface area contributed by atoms with Gasteiger partial charge in [0.05, 0.1) is 4.55 Å². The molecule has 0 aliphatic heterocycles. The lowest BCUT2D eigenvalue weighted by Crippen LogP contribution is -2.42. The van der Waals surface area contributed by atoms with Crippen molar-refractivity contribution in [3.63, 3.8) is 0 Å². The summed E-state index contributed by atoms with van der Waals surface area (Å²) in [4.78, 5) is 0. The number of nitrogens with one attached hydrogen (secondary N) is 1. The van der Waals surface area contributed by atoms with Gasteiger partial charge in [-0.25, -0.2) is 5.43 Å². The second-order valence-electron chi connectivity index (χ2n) is 1.10. The lowest BCUT2D eigenvalue weighted by atomic mass is 10.8. The van der Waals surface area contributed by atoms with Crippen LogP contribution in [0.15, 0.2) is 0 Å². The molecule has 0 unspecified atom stereocenters. The highest BCUT2D eigenvalue weighted by molar-refractivity contribution is 14.1. The molecule has 0 saturated carbocycles. The third-order valence-corrected chi connectivity index (χ3v) is 1.23. The van der Waals surface area contributed by atoms with Crippen molar-refractivity contribution in [2.45, 2.75) is 6.92 Å². The summed E-state index contributed by atoms with van der Waals surface area (Å²) in [5.74, 6) is 5.30. The van der Waals surface area contributed by atoms with Crippen LogP contribution in [0.1, 0.15) is 6.92 Å². The maximum atomic E-state index is 5.30. The molecule has 4 heteroatoms. The number of halogens is 1. The van der Waals surface area contributed by atoms with E-state index in [0.717, 1.165) is 11.1 Å². The standard InChI is InChI=1S/C3H10IN3/c1-2-6-7(5)3-4/h6H,2-3,5H2,1H3. The summed E-state index contributed by atoms with van der Waals surface area (Å²) in [6, 6.07) is 0. The Bertz CT molecular complexity index is 41.2. The molecule has 0 aromatic rings. The van der Waals surface area contributed by atoms with Crippen LogP contribution in [0.4, 0.5) is 0 Å². The summed E-state index contributed by atoms with van der Waals surface area (Å²) in [7, 11) is 0. The lowest BCUT2D eigenvalue weighted by Gasteiger charge is -2.10. The summed E-state index contributed by atoms with van der Waals surface area (Å²) < 4.78 is 0.811. The fourth-order valence-electron chi connectivity index (χ4n) is 0.245. The Balaban J connectivity index is 2.83. The van der Waals surface area contributed by atoms with Gasteiger partial charge in [0, 0.05) is 6.54 Å². The molecule has 0 saturated heterocycles. The van der Waals surface area contributed by atoms with Gasteiger partial charge in [0.2, 0.25) is 0 Å². The molecule has 0 spiro atoms. The molecule has 0 rings (SSSR count). The van der Waals surface area contributed by atoms with Crippen LogP contribution in [-0.4, -0.2) is 16.2 Å². The van der Waals surface area contributed by atoms with Crippen molar-refractivity contribution >= 4 is 22.6 Å². The first-order chi connectivity index (χ1) is 3.31. The topological polar surface area (TPSA) is 41.3 Å². The van der Waals surface area contributed by atoms with E-state index in [1.807, 2.05) is 6.92 Å². The van der Waals surface area contributed by atoms with Crippen molar-refractivity contribution in [3.8, 4) is 0 Å². The molecular weight excluding hydrogens is 205 g/mol. The highest BCUT2D eigenvalue weighted by Gasteiger charge is 1.85. The molecule has 3 nitrogen and oxygen atoms in total. The van der Waals surface area contributed by atoms with Gasteiger partial charge in [-0.2, -0.15) is 5.12 Å². The van der Waals surface area contributed by atoms with E-state index in [4.69, 9.17) is 5.84 Å². The molecule has 0 fully saturated rings. The van der Waals surface area contributed by atoms with Gasteiger partial charge in [-0.1, -0.05) is 29.5 Å². The van der Waals surface area contributed by atoms with Gasteiger partial charge >= 0.3 is 0 Å².